The molecule has 1 aromatic carbocycles. The summed E-state index contributed by atoms with van der Waals surface area (Å²) in [6, 6.07) is 8.33. The predicted molar refractivity (Wildman–Crippen MR) is 163 cm³/mol. The van der Waals surface area contributed by atoms with Crippen LogP contribution in [0.15, 0.2) is 24.3 Å². The van der Waals surface area contributed by atoms with Gasteiger partial charge in [0.15, 0.2) is 5.75 Å². The number of carbonyl (C=O) groups is 2. The van der Waals surface area contributed by atoms with Crippen molar-refractivity contribution in [3.63, 3.8) is 0 Å². The molecule has 0 radical (unpaired) electrons. The number of halogens is 2. The van der Waals surface area contributed by atoms with Crippen LogP contribution >= 0.6 is 11.6 Å². The third-order valence-corrected chi connectivity index (χ3v) is 9.31. The van der Waals surface area contributed by atoms with Crippen LogP contribution in [0.2, 0.25) is 5.02 Å². The molecule has 1 aromatic heterocycles. The molecule has 2 aromatic rings. The summed E-state index contributed by atoms with van der Waals surface area (Å²) in [7, 11) is 0. The van der Waals surface area contributed by atoms with Crippen molar-refractivity contribution in [2.75, 3.05) is 50.8 Å². The van der Waals surface area contributed by atoms with Crippen molar-refractivity contribution in [1.29, 1.82) is 5.26 Å². The summed E-state index contributed by atoms with van der Waals surface area (Å²) < 4.78 is 27.1. The number of hydrogen-bond donors (Lipinski definition) is 0. The van der Waals surface area contributed by atoms with Crippen LogP contribution in [0.4, 0.5) is 15.0 Å². The Labute approximate surface area is 262 Å². The highest BCUT2D eigenvalue weighted by Crippen LogP contribution is 2.47. The van der Waals surface area contributed by atoms with E-state index in [0.29, 0.717) is 32.0 Å². The largest absolute Gasteiger partial charge is 0.489 e. The number of fused-ring (bicyclic) bond motifs is 2. The number of hydrogen-bond acceptors (Lipinski definition) is 8. The molecule has 0 aliphatic carbocycles. The molecule has 0 spiro atoms. The number of pyridine rings is 1. The number of amides is 2. The SMILES string of the molecule is CC(C)(C)OC(=O)N1CCN2C(=O)c3c(N4CC(N5CC(C#N)C5)CC4(C)C)nc(-c4ccccc4F)c(Cl)c3OC[C@H]2C1. The Balaban J connectivity index is 1.40. The van der Waals surface area contributed by atoms with Crippen LogP contribution in [-0.4, -0.2) is 101 Å². The number of aromatic nitrogens is 1. The van der Waals surface area contributed by atoms with Gasteiger partial charge in [-0.25, -0.2) is 14.2 Å². The minimum Gasteiger partial charge on any atom is -0.489 e. The number of benzene rings is 1. The second-order valence-corrected chi connectivity index (χ2v) is 14.1. The number of nitriles is 1. The van der Waals surface area contributed by atoms with Gasteiger partial charge in [0.1, 0.15) is 34.4 Å². The van der Waals surface area contributed by atoms with Crippen molar-refractivity contribution in [3.05, 3.63) is 40.7 Å². The maximum Gasteiger partial charge on any atom is 0.410 e. The lowest BCUT2D eigenvalue weighted by Crippen LogP contribution is -2.58. The number of piperazine rings is 1. The predicted octanol–water partition coefficient (Wildman–Crippen LogP) is 4.81. The first-order valence-electron chi connectivity index (χ1n) is 15.1. The van der Waals surface area contributed by atoms with Gasteiger partial charge in [0, 0.05) is 56.4 Å². The highest BCUT2D eigenvalue weighted by atomic mass is 35.5. The number of anilines is 1. The number of nitrogens with zero attached hydrogens (tertiary/aromatic N) is 6. The smallest absolute Gasteiger partial charge is 0.410 e. The van der Waals surface area contributed by atoms with Crippen molar-refractivity contribution >= 4 is 29.4 Å². The summed E-state index contributed by atoms with van der Waals surface area (Å²) in [4.78, 5) is 40.0. The van der Waals surface area contributed by atoms with Crippen molar-refractivity contribution < 1.29 is 23.5 Å². The minimum absolute atomic E-state index is 0.0241. The molecule has 0 N–H and O–H groups in total. The van der Waals surface area contributed by atoms with Crippen LogP contribution in [0, 0.1) is 23.1 Å². The van der Waals surface area contributed by atoms with Gasteiger partial charge in [-0.05, 0) is 53.2 Å². The van der Waals surface area contributed by atoms with Gasteiger partial charge in [0.25, 0.3) is 5.91 Å². The van der Waals surface area contributed by atoms with Gasteiger partial charge in [-0.2, -0.15) is 5.26 Å². The Hall–Kier alpha value is -3.62. The Kier molecular flexibility index (Phi) is 7.65. The van der Waals surface area contributed by atoms with Gasteiger partial charge in [-0.3, -0.25) is 9.69 Å². The van der Waals surface area contributed by atoms with E-state index in [0.717, 1.165) is 6.42 Å². The fourth-order valence-corrected chi connectivity index (χ4v) is 6.98. The van der Waals surface area contributed by atoms with Crippen molar-refractivity contribution in [1.82, 2.24) is 19.7 Å². The standard InChI is InChI=1S/C32H38ClFN6O4/c1-31(2,3)44-30(42)37-10-11-39-21(16-37)18-43-27-24(29(39)41)28(36-26(25(27)33)22-8-6-7-9-23(22)34)40-17-20(12-32(40,4)5)38-14-19(13-35)15-38/h6-9,19-21H,10-12,14-18H2,1-5H3/t20?,21-/m1/s1. The maximum atomic E-state index is 15.2. The van der Waals surface area contributed by atoms with E-state index in [2.05, 4.69) is 29.7 Å². The highest BCUT2D eigenvalue weighted by molar-refractivity contribution is 6.35. The highest BCUT2D eigenvalue weighted by Gasteiger charge is 2.48. The molecule has 6 rings (SSSR count). The molecule has 234 valence electrons. The molecule has 3 saturated heterocycles. The van der Waals surface area contributed by atoms with E-state index in [-0.39, 0.29) is 65.2 Å². The first-order chi connectivity index (χ1) is 20.8. The van der Waals surface area contributed by atoms with Crippen LogP contribution in [-0.2, 0) is 4.74 Å². The van der Waals surface area contributed by atoms with Gasteiger partial charge >= 0.3 is 6.09 Å². The van der Waals surface area contributed by atoms with Crippen LogP contribution in [0.5, 0.6) is 5.75 Å². The summed E-state index contributed by atoms with van der Waals surface area (Å²) >= 11 is 6.95. The lowest BCUT2D eigenvalue weighted by atomic mass is 9.94. The molecule has 2 atom stereocenters. The zero-order chi connectivity index (χ0) is 31.6. The van der Waals surface area contributed by atoms with Gasteiger partial charge in [0.2, 0.25) is 0 Å². The van der Waals surface area contributed by atoms with E-state index in [1.54, 1.807) is 28.0 Å². The first-order valence-corrected chi connectivity index (χ1v) is 15.5. The number of likely N-dealkylation sites (tertiary alicyclic amines) is 1. The van der Waals surface area contributed by atoms with E-state index in [1.807, 2.05) is 20.8 Å². The molecule has 12 heteroatoms. The average molecular weight is 625 g/mol. The molecule has 10 nitrogen and oxygen atoms in total. The molecule has 4 aliphatic heterocycles. The van der Waals surface area contributed by atoms with Crippen molar-refractivity contribution in [2.45, 2.75) is 64.3 Å². The summed E-state index contributed by atoms with van der Waals surface area (Å²) in [6.45, 7) is 12.6. The van der Waals surface area contributed by atoms with Crippen LogP contribution in [0.3, 0.4) is 0 Å². The third kappa shape index (κ3) is 5.43. The van der Waals surface area contributed by atoms with E-state index in [9.17, 15) is 14.9 Å². The third-order valence-electron chi connectivity index (χ3n) is 8.96. The lowest BCUT2D eigenvalue weighted by molar-refractivity contribution is 0.000952. The van der Waals surface area contributed by atoms with Gasteiger partial charge in [-0.15, -0.1) is 0 Å². The van der Waals surface area contributed by atoms with E-state index >= 15 is 4.39 Å². The fraction of sp³-hybridized carbons (Fsp3) is 0.562. The van der Waals surface area contributed by atoms with Crippen LogP contribution in [0.25, 0.3) is 11.3 Å². The van der Waals surface area contributed by atoms with E-state index < -0.39 is 29.1 Å². The zero-order valence-electron chi connectivity index (χ0n) is 25.8. The van der Waals surface area contributed by atoms with Gasteiger partial charge in [0.05, 0.1) is 23.7 Å². The Bertz CT molecular complexity index is 1530. The molecule has 2 amide bonds. The molecule has 44 heavy (non-hydrogen) atoms. The topological polar surface area (TPSA) is 102 Å². The van der Waals surface area contributed by atoms with Gasteiger partial charge < -0.3 is 24.2 Å². The average Bonchev–Trinajstić information content (AvgIpc) is 3.16. The molecular formula is C32H38ClFN6O4. The lowest BCUT2D eigenvalue weighted by Gasteiger charge is -2.40. The maximum absolute atomic E-state index is 15.2. The molecule has 0 saturated carbocycles. The Morgan fingerprint density at radius 2 is 1.89 bits per heavy atom. The van der Waals surface area contributed by atoms with Gasteiger partial charge in [-0.1, -0.05) is 23.7 Å². The number of rotatable bonds is 3. The number of ether oxygens (including phenoxy) is 2. The number of carbonyl (C=O) groups excluding carboxylic acids is 2. The first kappa shape index (κ1) is 30.4. The fourth-order valence-electron chi connectivity index (χ4n) is 6.69. The Morgan fingerprint density at radius 1 is 1.16 bits per heavy atom. The van der Waals surface area contributed by atoms with Crippen LogP contribution < -0.4 is 9.64 Å². The van der Waals surface area contributed by atoms with Crippen molar-refractivity contribution in [2.24, 2.45) is 5.92 Å². The second kappa shape index (κ2) is 11.1. The summed E-state index contributed by atoms with van der Waals surface area (Å²) in [5.74, 6) is -0.182. The molecule has 4 aliphatic rings. The van der Waals surface area contributed by atoms with Crippen LogP contribution in [0.1, 0.15) is 51.4 Å². The Morgan fingerprint density at radius 3 is 2.57 bits per heavy atom. The second-order valence-electron chi connectivity index (χ2n) is 13.7. The summed E-state index contributed by atoms with van der Waals surface area (Å²) in [6.07, 6.45) is 0.356. The van der Waals surface area contributed by atoms with E-state index in [4.69, 9.17) is 26.1 Å². The molecule has 1 unspecified atom stereocenters. The zero-order valence-corrected chi connectivity index (χ0v) is 26.5. The van der Waals surface area contributed by atoms with Crippen molar-refractivity contribution in [3.8, 4) is 23.1 Å². The molecule has 5 heterocycles. The normalized spacial score (nSPS) is 23.7. The quantitative estimate of drug-likeness (QED) is 0.480. The van der Waals surface area contributed by atoms with E-state index in [1.165, 1.54) is 6.07 Å². The molecular weight excluding hydrogens is 587 g/mol. The summed E-state index contributed by atoms with van der Waals surface area (Å²) in [5.41, 5.74) is -0.400. The monoisotopic (exact) mass is 624 g/mol. The minimum atomic E-state index is -0.649. The molecule has 0 bridgehead atoms. The molecule has 3 fully saturated rings. The summed E-state index contributed by atoms with van der Waals surface area (Å²) in [5, 5.41) is 9.39.